The molecule has 0 heterocycles. The maximum atomic E-state index is 9.11. The molecule has 90 valence electrons. The van der Waals surface area contributed by atoms with Crippen LogP contribution in [0.4, 0.5) is 5.69 Å². The molecule has 1 aromatic carbocycles. The number of anilines is 1. The molecule has 0 saturated carbocycles. The Kier molecular flexibility index (Phi) is 4.77. The first-order valence-corrected chi connectivity index (χ1v) is 5.77. The normalized spacial score (nSPS) is 10.9. The van der Waals surface area contributed by atoms with Gasteiger partial charge in [-0.05, 0) is 38.0 Å². The van der Waals surface area contributed by atoms with Gasteiger partial charge in [0.25, 0.3) is 0 Å². The number of aliphatic hydroxyl groups is 1. The van der Waals surface area contributed by atoms with E-state index in [0.29, 0.717) is 19.1 Å². The summed E-state index contributed by atoms with van der Waals surface area (Å²) in [6, 6.07) is 6.64. The molecular weight excluding hydrogens is 200 g/mol. The molecule has 0 fully saturated rings. The van der Waals surface area contributed by atoms with Crippen LogP contribution in [0.2, 0.25) is 0 Å². The van der Waals surface area contributed by atoms with Gasteiger partial charge in [-0.15, -0.1) is 0 Å². The van der Waals surface area contributed by atoms with Crippen LogP contribution in [0.15, 0.2) is 18.2 Å². The summed E-state index contributed by atoms with van der Waals surface area (Å²) in [6.07, 6.45) is 0. The lowest BCUT2D eigenvalue weighted by Gasteiger charge is -2.30. The lowest BCUT2D eigenvalue weighted by atomic mass is 10.1. The van der Waals surface area contributed by atoms with E-state index in [4.69, 9.17) is 10.8 Å². The quantitative estimate of drug-likeness (QED) is 0.796. The van der Waals surface area contributed by atoms with E-state index in [9.17, 15) is 0 Å². The molecule has 0 aliphatic rings. The average Bonchev–Trinajstić information content (AvgIpc) is 2.25. The Morgan fingerprint density at radius 1 is 1.38 bits per heavy atom. The third kappa shape index (κ3) is 2.97. The average molecular weight is 222 g/mol. The minimum absolute atomic E-state index is 0.163. The van der Waals surface area contributed by atoms with Gasteiger partial charge in [0.15, 0.2) is 0 Å². The first-order valence-electron chi connectivity index (χ1n) is 5.77. The first kappa shape index (κ1) is 13.0. The van der Waals surface area contributed by atoms with Crippen LogP contribution in [0.1, 0.15) is 25.0 Å². The zero-order valence-corrected chi connectivity index (χ0v) is 10.4. The van der Waals surface area contributed by atoms with E-state index < -0.39 is 0 Å². The summed E-state index contributed by atoms with van der Waals surface area (Å²) in [5, 5.41) is 9.11. The summed E-state index contributed by atoms with van der Waals surface area (Å²) in [4.78, 5) is 2.19. The highest BCUT2D eigenvalue weighted by molar-refractivity contribution is 5.56. The number of hydrogen-bond acceptors (Lipinski definition) is 3. The smallest absolute Gasteiger partial charge is 0.0606 e. The lowest BCUT2D eigenvalue weighted by molar-refractivity contribution is 0.299. The van der Waals surface area contributed by atoms with Gasteiger partial charge >= 0.3 is 0 Å². The molecule has 1 rings (SSSR count). The number of rotatable bonds is 5. The van der Waals surface area contributed by atoms with Gasteiger partial charge in [-0.2, -0.15) is 0 Å². The van der Waals surface area contributed by atoms with Crippen LogP contribution in [0.3, 0.4) is 0 Å². The largest absolute Gasteiger partial charge is 0.395 e. The highest BCUT2D eigenvalue weighted by atomic mass is 16.3. The van der Waals surface area contributed by atoms with Crippen molar-refractivity contribution in [2.75, 3.05) is 18.1 Å². The molecule has 0 aromatic heterocycles. The van der Waals surface area contributed by atoms with E-state index >= 15 is 0 Å². The van der Waals surface area contributed by atoms with Gasteiger partial charge in [-0.3, -0.25) is 0 Å². The first-order chi connectivity index (χ1) is 7.60. The highest BCUT2D eigenvalue weighted by Crippen LogP contribution is 2.23. The fourth-order valence-corrected chi connectivity index (χ4v) is 1.88. The van der Waals surface area contributed by atoms with Crippen molar-refractivity contribution in [3.63, 3.8) is 0 Å². The van der Waals surface area contributed by atoms with E-state index in [-0.39, 0.29) is 6.61 Å². The van der Waals surface area contributed by atoms with E-state index in [1.165, 1.54) is 5.56 Å². The Hall–Kier alpha value is -1.06. The topological polar surface area (TPSA) is 49.5 Å². The minimum Gasteiger partial charge on any atom is -0.395 e. The van der Waals surface area contributed by atoms with E-state index in [1.807, 2.05) is 0 Å². The van der Waals surface area contributed by atoms with Crippen LogP contribution >= 0.6 is 0 Å². The van der Waals surface area contributed by atoms with Gasteiger partial charge in [-0.25, -0.2) is 0 Å². The predicted molar refractivity (Wildman–Crippen MR) is 68.6 cm³/mol. The number of aliphatic hydroxyl groups excluding tert-OH is 1. The maximum Gasteiger partial charge on any atom is 0.0606 e. The highest BCUT2D eigenvalue weighted by Gasteiger charge is 2.13. The third-order valence-corrected chi connectivity index (χ3v) is 2.73. The number of aryl methyl sites for hydroxylation is 1. The SMILES string of the molecule is Cc1ccc(CN)c(N(CCO)C(C)C)c1. The molecule has 3 N–H and O–H groups in total. The Labute approximate surface area is 97.9 Å². The van der Waals surface area contributed by atoms with Crippen LogP contribution in [0.5, 0.6) is 0 Å². The zero-order valence-electron chi connectivity index (χ0n) is 10.4. The molecular formula is C13H22N2O. The van der Waals surface area contributed by atoms with Crippen molar-refractivity contribution < 1.29 is 5.11 Å². The number of nitrogens with zero attached hydrogens (tertiary/aromatic N) is 1. The summed E-state index contributed by atoms with van der Waals surface area (Å²) < 4.78 is 0. The summed E-state index contributed by atoms with van der Waals surface area (Å²) in [7, 11) is 0. The number of hydrogen-bond donors (Lipinski definition) is 2. The van der Waals surface area contributed by atoms with Gasteiger partial charge < -0.3 is 15.7 Å². The zero-order chi connectivity index (χ0) is 12.1. The van der Waals surface area contributed by atoms with Crippen LogP contribution in [0.25, 0.3) is 0 Å². The second kappa shape index (κ2) is 5.87. The number of benzene rings is 1. The molecule has 3 nitrogen and oxygen atoms in total. The molecule has 0 spiro atoms. The third-order valence-electron chi connectivity index (χ3n) is 2.73. The van der Waals surface area contributed by atoms with E-state index in [0.717, 1.165) is 11.3 Å². The molecule has 0 aliphatic heterocycles. The summed E-state index contributed by atoms with van der Waals surface area (Å²) in [5.74, 6) is 0. The van der Waals surface area contributed by atoms with Gasteiger partial charge in [0.1, 0.15) is 0 Å². The van der Waals surface area contributed by atoms with E-state index in [1.54, 1.807) is 0 Å². The second-order valence-corrected chi connectivity index (χ2v) is 4.35. The van der Waals surface area contributed by atoms with Crippen molar-refractivity contribution >= 4 is 5.69 Å². The Bertz CT molecular complexity index is 337. The molecule has 1 aromatic rings. The molecule has 0 atom stereocenters. The molecule has 0 aliphatic carbocycles. The molecule has 0 amide bonds. The maximum absolute atomic E-state index is 9.11. The van der Waals surface area contributed by atoms with Gasteiger partial charge in [0, 0.05) is 24.8 Å². The molecule has 16 heavy (non-hydrogen) atoms. The van der Waals surface area contributed by atoms with Crippen LogP contribution in [-0.2, 0) is 6.54 Å². The standard InChI is InChI=1S/C13H22N2O/c1-10(2)15(6-7-16)13-8-11(3)4-5-12(13)9-14/h4-5,8,10,16H,6-7,9,14H2,1-3H3. The van der Waals surface area contributed by atoms with Crippen molar-refractivity contribution in [3.05, 3.63) is 29.3 Å². The second-order valence-electron chi connectivity index (χ2n) is 4.35. The van der Waals surface area contributed by atoms with Crippen LogP contribution in [-0.4, -0.2) is 24.3 Å². The summed E-state index contributed by atoms with van der Waals surface area (Å²) in [6.45, 7) is 7.66. The lowest BCUT2D eigenvalue weighted by Crippen LogP contribution is -2.34. The van der Waals surface area contributed by atoms with Crippen molar-refractivity contribution in [1.29, 1.82) is 0 Å². The summed E-state index contributed by atoms with van der Waals surface area (Å²) >= 11 is 0. The van der Waals surface area contributed by atoms with Crippen LogP contribution in [0, 0.1) is 6.92 Å². The van der Waals surface area contributed by atoms with Crippen molar-refractivity contribution in [1.82, 2.24) is 0 Å². The van der Waals surface area contributed by atoms with Gasteiger partial charge in [0.2, 0.25) is 0 Å². The fourth-order valence-electron chi connectivity index (χ4n) is 1.88. The monoisotopic (exact) mass is 222 g/mol. The van der Waals surface area contributed by atoms with Gasteiger partial charge in [-0.1, -0.05) is 12.1 Å². The molecule has 3 heteroatoms. The van der Waals surface area contributed by atoms with E-state index in [2.05, 4.69) is 43.9 Å². The fraction of sp³-hybridized carbons (Fsp3) is 0.538. The molecule has 0 radical (unpaired) electrons. The molecule has 0 saturated heterocycles. The van der Waals surface area contributed by atoms with Crippen molar-refractivity contribution in [3.8, 4) is 0 Å². The summed E-state index contributed by atoms with van der Waals surface area (Å²) in [5.41, 5.74) is 9.24. The Morgan fingerprint density at radius 2 is 2.06 bits per heavy atom. The van der Waals surface area contributed by atoms with Gasteiger partial charge in [0.05, 0.1) is 6.61 Å². The van der Waals surface area contributed by atoms with Crippen molar-refractivity contribution in [2.24, 2.45) is 5.73 Å². The predicted octanol–water partition coefficient (Wildman–Crippen LogP) is 1.66. The minimum atomic E-state index is 0.163. The molecule has 0 unspecified atom stereocenters. The van der Waals surface area contributed by atoms with Crippen molar-refractivity contribution in [2.45, 2.75) is 33.4 Å². The van der Waals surface area contributed by atoms with Crippen LogP contribution < -0.4 is 10.6 Å². The molecule has 0 bridgehead atoms. The number of nitrogens with two attached hydrogens (primary N) is 1. The Balaban J connectivity index is 3.10. The Morgan fingerprint density at radius 3 is 2.56 bits per heavy atom.